The van der Waals surface area contributed by atoms with Gasteiger partial charge in [0, 0.05) is 13.0 Å². The minimum absolute atomic E-state index is 0.117. The summed E-state index contributed by atoms with van der Waals surface area (Å²) in [5.41, 5.74) is 7.50. The molecule has 0 aromatic carbocycles. The summed E-state index contributed by atoms with van der Waals surface area (Å²) in [6.45, 7) is 2.25. The summed E-state index contributed by atoms with van der Waals surface area (Å²) in [7, 11) is 1.95. The second kappa shape index (κ2) is 6.89. The van der Waals surface area contributed by atoms with E-state index in [0.717, 1.165) is 25.2 Å². The molecule has 0 radical (unpaired) electrons. The summed E-state index contributed by atoms with van der Waals surface area (Å²) in [5, 5.41) is 8.40. The number of amidine groups is 1. The van der Waals surface area contributed by atoms with Crippen LogP contribution in [0.3, 0.4) is 0 Å². The van der Waals surface area contributed by atoms with E-state index >= 15 is 0 Å². The molecule has 0 aromatic rings. The molecule has 0 saturated carbocycles. The average molecular weight is 273 g/mol. The normalized spacial score (nSPS) is 27.1. The molecular formula is C17H27N3. The van der Waals surface area contributed by atoms with Gasteiger partial charge in [-0.25, -0.2) is 0 Å². The summed E-state index contributed by atoms with van der Waals surface area (Å²) in [6, 6.07) is 0. The van der Waals surface area contributed by atoms with E-state index < -0.39 is 0 Å². The van der Waals surface area contributed by atoms with E-state index in [1.165, 1.54) is 18.4 Å². The number of nitrogens with one attached hydrogen (secondary N) is 1. The molecule has 0 saturated heterocycles. The van der Waals surface area contributed by atoms with Crippen molar-refractivity contribution in [3.63, 3.8) is 0 Å². The van der Waals surface area contributed by atoms with Crippen LogP contribution in [-0.2, 0) is 0 Å². The fourth-order valence-corrected chi connectivity index (χ4v) is 2.99. The van der Waals surface area contributed by atoms with Gasteiger partial charge in [-0.15, -0.1) is 0 Å². The van der Waals surface area contributed by atoms with Crippen molar-refractivity contribution >= 4 is 5.84 Å². The summed E-state index contributed by atoms with van der Waals surface area (Å²) in [6.07, 6.45) is 16.1. The molecule has 3 atom stereocenters. The molecule has 0 heterocycles. The standard InChI is InChI=1S/C17H27N3/c1-3-13-9-11-15(12-10-13)17(19)20(2)16(18)14-7-5-4-6-8-14/h4-7,11,13-14,16,19H,3,8-10,12,18H2,1-2H3/t13-,14+,16?/m1/s1. The van der Waals surface area contributed by atoms with E-state index in [1.807, 2.05) is 11.9 Å². The molecule has 2 aliphatic rings. The third-order valence-corrected chi connectivity index (χ3v) is 4.65. The lowest BCUT2D eigenvalue weighted by Gasteiger charge is -2.34. The lowest BCUT2D eigenvalue weighted by atomic mass is 9.87. The molecule has 2 rings (SSSR count). The Labute approximate surface area is 122 Å². The third kappa shape index (κ3) is 3.40. The van der Waals surface area contributed by atoms with Gasteiger partial charge in [0.25, 0.3) is 0 Å². The number of likely N-dealkylation sites (N-methyl/N-ethyl adjacent to an activating group) is 1. The van der Waals surface area contributed by atoms with Gasteiger partial charge in [0.15, 0.2) is 0 Å². The zero-order chi connectivity index (χ0) is 14.5. The van der Waals surface area contributed by atoms with Gasteiger partial charge in [0.05, 0.1) is 6.17 Å². The minimum atomic E-state index is -0.117. The van der Waals surface area contributed by atoms with Crippen molar-refractivity contribution < 1.29 is 0 Å². The van der Waals surface area contributed by atoms with E-state index in [2.05, 4.69) is 37.3 Å². The first-order valence-corrected chi connectivity index (χ1v) is 7.73. The van der Waals surface area contributed by atoms with E-state index in [9.17, 15) is 0 Å². The molecule has 0 amide bonds. The first-order valence-electron chi connectivity index (χ1n) is 7.73. The highest BCUT2D eigenvalue weighted by molar-refractivity contribution is 5.95. The monoisotopic (exact) mass is 273 g/mol. The molecule has 0 aromatic heterocycles. The van der Waals surface area contributed by atoms with Crippen molar-refractivity contribution in [1.29, 1.82) is 5.41 Å². The number of hydrogen-bond acceptors (Lipinski definition) is 2. The molecule has 0 fully saturated rings. The predicted octanol–water partition coefficient (Wildman–Crippen LogP) is 3.45. The van der Waals surface area contributed by atoms with E-state index in [1.54, 1.807) is 0 Å². The number of hydrogen-bond donors (Lipinski definition) is 2. The van der Waals surface area contributed by atoms with Crippen LogP contribution in [0, 0.1) is 17.2 Å². The molecule has 1 unspecified atom stereocenters. The second-order valence-corrected chi connectivity index (χ2v) is 5.94. The van der Waals surface area contributed by atoms with Gasteiger partial charge in [-0.3, -0.25) is 5.41 Å². The molecule has 2 aliphatic carbocycles. The topological polar surface area (TPSA) is 53.1 Å². The summed E-state index contributed by atoms with van der Waals surface area (Å²) < 4.78 is 0. The highest BCUT2D eigenvalue weighted by Crippen LogP contribution is 2.27. The highest BCUT2D eigenvalue weighted by atomic mass is 15.2. The Morgan fingerprint density at radius 1 is 1.45 bits per heavy atom. The number of rotatable bonds is 4. The smallest absolute Gasteiger partial charge is 0.124 e. The van der Waals surface area contributed by atoms with Gasteiger partial charge < -0.3 is 10.6 Å². The van der Waals surface area contributed by atoms with Crippen LogP contribution < -0.4 is 5.73 Å². The Morgan fingerprint density at radius 3 is 2.80 bits per heavy atom. The van der Waals surface area contributed by atoms with Crippen molar-refractivity contribution in [2.24, 2.45) is 17.6 Å². The van der Waals surface area contributed by atoms with Gasteiger partial charge >= 0.3 is 0 Å². The zero-order valence-corrected chi connectivity index (χ0v) is 12.7. The van der Waals surface area contributed by atoms with Crippen molar-refractivity contribution in [2.75, 3.05) is 7.05 Å². The summed E-state index contributed by atoms with van der Waals surface area (Å²) >= 11 is 0. The maximum atomic E-state index is 8.40. The van der Waals surface area contributed by atoms with Crippen molar-refractivity contribution in [3.05, 3.63) is 36.0 Å². The quantitative estimate of drug-likeness (QED) is 0.468. The van der Waals surface area contributed by atoms with Gasteiger partial charge in [-0.1, -0.05) is 43.7 Å². The maximum absolute atomic E-state index is 8.40. The van der Waals surface area contributed by atoms with Crippen molar-refractivity contribution in [1.82, 2.24) is 4.90 Å². The Morgan fingerprint density at radius 2 is 2.25 bits per heavy atom. The second-order valence-electron chi connectivity index (χ2n) is 5.94. The zero-order valence-electron chi connectivity index (χ0n) is 12.7. The van der Waals surface area contributed by atoms with Crippen LogP contribution in [0.1, 0.15) is 39.0 Å². The summed E-state index contributed by atoms with van der Waals surface area (Å²) in [4.78, 5) is 1.94. The van der Waals surface area contributed by atoms with E-state index in [-0.39, 0.29) is 6.17 Å². The van der Waals surface area contributed by atoms with E-state index in [0.29, 0.717) is 11.8 Å². The molecule has 3 heteroatoms. The molecule has 20 heavy (non-hydrogen) atoms. The molecule has 3 N–H and O–H groups in total. The van der Waals surface area contributed by atoms with E-state index in [4.69, 9.17) is 11.1 Å². The predicted molar refractivity (Wildman–Crippen MR) is 85.6 cm³/mol. The van der Waals surface area contributed by atoms with Crippen LogP contribution in [0.2, 0.25) is 0 Å². The Bertz CT molecular complexity index is 434. The first-order chi connectivity index (χ1) is 9.63. The van der Waals surface area contributed by atoms with Gasteiger partial charge in [-0.05, 0) is 37.2 Å². The largest absolute Gasteiger partial charge is 0.344 e. The van der Waals surface area contributed by atoms with Crippen LogP contribution in [0.5, 0.6) is 0 Å². The maximum Gasteiger partial charge on any atom is 0.124 e. The number of nitrogens with two attached hydrogens (primary N) is 1. The molecule has 0 aliphatic heterocycles. The minimum Gasteiger partial charge on any atom is -0.344 e. The van der Waals surface area contributed by atoms with Gasteiger partial charge in [-0.2, -0.15) is 0 Å². The highest BCUT2D eigenvalue weighted by Gasteiger charge is 2.24. The van der Waals surface area contributed by atoms with Crippen molar-refractivity contribution in [3.8, 4) is 0 Å². The third-order valence-electron chi connectivity index (χ3n) is 4.65. The number of allylic oxidation sites excluding steroid dienone is 4. The molecule has 110 valence electrons. The summed E-state index contributed by atoms with van der Waals surface area (Å²) in [5.74, 6) is 1.71. The Hall–Kier alpha value is -1.35. The van der Waals surface area contributed by atoms with Crippen LogP contribution in [-0.4, -0.2) is 23.9 Å². The molecule has 0 spiro atoms. The SMILES string of the molecule is CC[C@@H]1CC=C(C(=N)N(C)C(N)[C@H]2C=CC=CC2)CC1. The molecule has 0 bridgehead atoms. The number of nitrogens with zero attached hydrogens (tertiary/aromatic N) is 1. The lowest BCUT2D eigenvalue weighted by Crippen LogP contribution is -2.48. The Balaban J connectivity index is 1.96. The Kier molecular flexibility index (Phi) is 5.18. The molecular weight excluding hydrogens is 246 g/mol. The first kappa shape index (κ1) is 15.0. The van der Waals surface area contributed by atoms with Gasteiger partial charge in [0.2, 0.25) is 0 Å². The van der Waals surface area contributed by atoms with Gasteiger partial charge in [0.1, 0.15) is 5.84 Å². The average Bonchev–Trinajstić information content (AvgIpc) is 2.53. The van der Waals surface area contributed by atoms with Crippen molar-refractivity contribution in [2.45, 2.75) is 45.2 Å². The van der Waals surface area contributed by atoms with Crippen LogP contribution in [0.4, 0.5) is 0 Å². The fourth-order valence-electron chi connectivity index (χ4n) is 2.99. The van der Waals surface area contributed by atoms with Crippen LogP contribution in [0.25, 0.3) is 0 Å². The lowest BCUT2D eigenvalue weighted by molar-refractivity contribution is 0.298. The fraction of sp³-hybridized carbons (Fsp3) is 0.588. The van der Waals surface area contributed by atoms with Crippen LogP contribution >= 0.6 is 0 Å². The molecule has 3 nitrogen and oxygen atoms in total. The van der Waals surface area contributed by atoms with Crippen LogP contribution in [0.15, 0.2) is 36.0 Å².